The largest absolute Gasteiger partial charge is 0.373 e. The van der Waals surface area contributed by atoms with Crippen LogP contribution in [0.25, 0.3) is 0 Å². The molecule has 3 aliphatic rings. The number of allylic oxidation sites excluding steroid dienone is 2. The van der Waals surface area contributed by atoms with Gasteiger partial charge >= 0.3 is 5.69 Å². The number of nitrogens with zero attached hydrogens (tertiary/aromatic N) is 4. The molecule has 0 aromatic carbocycles. The Morgan fingerprint density at radius 3 is 2.78 bits per heavy atom. The van der Waals surface area contributed by atoms with Gasteiger partial charge in [0.1, 0.15) is 12.8 Å². The zero-order valence-electron chi connectivity index (χ0n) is 23.0. The van der Waals surface area contributed by atoms with Crippen molar-refractivity contribution in [2.45, 2.75) is 116 Å². The Balaban J connectivity index is 1.29. The fourth-order valence-corrected chi connectivity index (χ4v) is 5.75. The quantitative estimate of drug-likeness (QED) is 0.434. The number of hydrogen-bond acceptors (Lipinski definition) is 6. The summed E-state index contributed by atoms with van der Waals surface area (Å²) in [6, 6.07) is 0.461. The highest BCUT2D eigenvalue weighted by Crippen LogP contribution is 2.29. The van der Waals surface area contributed by atoms with Crippen molar-refractivity contribution >= 4 is 0 Å². The fraction of sp³-hybridized carbons (Fsp3) is 0.786. The van der Waals surface area contributed by atoms with Crippen molar-refractivity contribution in [2.24, 2.45) is 7.05 Å². The Kier molecular flexibility index (Phi) is 10.1. The number of aromatic nitrogens is 3. The van der Waals surface area contributed by atoms with Crippen LogP contribution in [0, 0.1) is 0 Å². The molecule has 9 heteroatoms. The normalized spacial score (nSPS) is 28.1. The maximum absolute atomic E-state index is 15.3. The maximum atomic E-state index is 15.3. The lowest BCUT2D eigenvalue weighted by Gasteiger charge is -2.44. The number of likely N-dealkylation sites (tertiary alicyclic amines) is 1. The van der Waals surface area contributed by atoms with Gasteiger partial charge < -0.3 is 14.2 Å². The number of hydrogen-bond donors (Lipinski definition) is 0. The standard InChI is InChI=1S/C28H45FN4O4/c1-5-24-15-25(36-18-22-11-7-6-10-20(22)2)14-21(3)32(24)16-23(29)17-33-28(34)31(4)26(30-33)19-37-27-12-8-9-13-35-27/h7,11,21,23-25,27H,5-6,8-10,12-19H2,1-4H3. The molecule has 1 aromatic heterocycles. The van der Waals surface area contributed by atoms with E-state index in [9.17, 15) is 4.79 Å². The minimum atomic E-state index is -1.20. The first-order valence-corrected chi connectivity index (χ1v) is 14.1. The van der Waals surface area contributed by atoms with Gasteiger partial charge in [0.2, 0.25) is 0 Å². The fourth-order valence-electron chi connectivity index (χ4n) is 5.75. The number of ether oxygens (including phenoxy) is 3. The molecule has 0 spiro atoms. The van der Waals surface area contributed by atoms with E-state index in [1.165, 1.54) is 20.4 Å². The van der Waals surface area contributed by atoms with E-state index >= 15 is 4.39 Å². The molecule has 37 heavy (non-hydrogen) atoms. The number of rotatable bonds is 11. The van der Waals surface area contributed by atoms with E-state index in [1.807, 2.05) is 0 Å². The van der Waals surface area contributed by atoms with Crippen LogP contribution in [-0.2, 0) is 34.4 Å². The Hall–Kier alpha value is -1.81. The second-order valence-corrected chi connectivity index (χ2v) is 10.9. The van der Waals surface area contributed by atoms with E-state index in [0.29, 0.717) is 19.0 Å². The predicted molar refractivity (Wildman–Crippen MR) is 141 cm³/mol. The van der Waals surface area contributed by atoms with Crippen LogP contribution in [0.2, 0.25) is 0 Å². The van der Waals surface area contributed by atoms with Crippen molar-refractivity contribution in [1.29, 1.82) is 0 Å². The van der Waals surface area contributed by atoms with Gasteiger partial charge in [-0.1, -0.05) is 24.6 Å². The van der Waals surface area contributed by atoms with Crippen molar-refractivity contribution in [3.8, 4) is 0 Å². The lowest BCUT2D eigenvalue weighted by Crippen LogP contribution is -2.52. The van der Waals surface area contributed by atoms with Crippen LogP contribution in [0.15, 0.2) is 28.1 Å². The monoisotopic (exact) mass is 520 g/mol. The lowest BCUT2D eigenvalue weighted by molar-refractivity contribution is -0.170. The van der Waals surface area contributed by atoms with Crippen molar-refractivity contribution in [3.63, 3.8) is 0 Å². The molecule has 2 saturated heterocycles. The van der Waals surface area contributed by atoms with E-state index in [0.717, 1.165) is 51.4 Å². The van der Waals surface area contributed by atoms with Gasteiger partial charge in [-0.25, -0.2) is 13.9 Å². The second-order valence-electron chi connectivity index (χ2n) is 10.9. The molecule has 0 N–H and O–H groups in total. The third kappa shape index (κ3) is 7.40. The summed E-state index contributed by atoms with van der Waals surface area (Å²) in [6.07, 6.45) is 11.0. The smallest absolute Gasteiger partial charge is 0.345 e. The summed E-state index contributed by atoms with van der Waals surface area (Å²) >= 11 is 0. The molecule has 2 aliphatic heterocycles. The zero-order valence-corrected chi connectivity index (χ0v) is 23.0. The van der Waals surface area contributed by atoms with Crippen LogP contribution in [-0.4, -0.2) is 69.7 Å². The van der Waals surface area contributed by atoms with Gasteiger partial charge in [0.15, 0.2) is 12.1 Å². The van der Waals surface area contributed by atoms with Crippen LogP contribution < -0.4 is 5.69 Å². The highest BCUT2D eigenvalue weighted by molar-refractivity contribution is 5.28. The predicted octanol–water partition coefficient (Wildman–Crippen LogP) is 4.28. The summed E-state index contributed by atoms with van der Waals surface area (Å²) in [6.45, 7) is 8.25. The van der Waals surface area contributed by atoms with E-state index in [1.54, 1.807) is 7.05 Å². The number of halogens is 1. The van der Waals surface area contributed by atoms with Crippen LogP contribution in [0.4, 0.5) is 4.39 Å². The Morgan fingerprint density at radius 1 is 1.22 bits per heavy atom. The molecule has 8 nitrogen and oxygen atoms in total. The molecule has 4 rings (SSSR count). The third-order valence-electron chi connectivity index (χ3n) is 8.12. The summed E-state index contributed by atoms with van der Waals surface area (Å²) in [5.41, 5.74) is 2.40. The maximum Gasteiger partial charge on any atom is 0.345 e. The second kappa shape index (κ2) is 13.3. The minimum Gasteiger partial charge on any atom is -0.373 e. The van der Waals surface area contributed by atoms with Crippen LogP contribution in [0.3, 0.4) is 0 Å². The molecule has 5 unspecified atom stereocenters. The molecular formula is C28H45FN4O4. The molecule has 208 valence electrons. The molecule has 2 fully saturated rings. The molecule has 0 radical (unpaired) electrons. The average molecular weight is 521 g/mol. The third-order valence-corrected chi connectivity index (χ3v) is 8.12. The molecule has 5 atom stereocenters. The van der Waals surface area contributed by atoms with Crippen molar-refractivity contribution in [3.05, 3.63) is 39.6 Å². The molecule has 1 aromatic rings. The van der Waals surface area contributed by atoms with Crippen LogP contribution in [0.1, 0.15) is 78.0 Å². The number of alkyl halides is 1. The summed E-state index contributed by atoms with van der Waals surface area (Å²) in [5.74, 6) is 0.488. The Morgan fingerprint density at radius 2 is 2.05 bits per heavy atom. The van der Waals surface area contributed by atoms with Gasteiger partial charge in [0.25, 0.3) is 0 Å². The summed E-state index contributed by atoms with van der Waals surface area (Å²) < 4.78 is 35.7. The first-order chi connectivity index (χ1) is 17.9. The van der Waals surface area contributed by atoms with E-state index < -0.39 is 6.17 Å². The van der Waals surface area contributed by atoms with Gasteiger partial charge in [-0.3, -0.25) is 9.47 Å². The molecule has 3 heterocycles. The van der Waals surface area contributed by atoms with Crippen LogP contribution >= 0.6 is 0 Å². The summed E-state index contributed by atoms with van der Waals surface area (Å²) in [4.78, 5) is 15.0. The Bertz CT molecular complexity index is 997. The van der Waals surface area contributed by atoms with Crippen LogP contribution in [0.5, 0.6) is 0 Å². The van der Waals surface area contributed by atoms with Crippen molar-refractivity contribution in [2.75, 3.05) is 19.8 Å². The molecular weight excluding hydrogens is 475 g/mol. The van der Waals surface area contributed by atoms with Gasteiger partial charge in [-0.05, 0) is 70.8 Å². The molecule has 0 saturated carbocycles. The molecule has 0 bridgehead atoms. The first kappa shape index (κ1) is 28.2. The van der Waals surface area contributed by atoms with E-state index in [-0.39, 0.29) is 49.9 Å². The topological polar surface area (TPSA) is 70.8 Å². The van der Waals surface area contributed by atoms with E-state index in [4.69, 9.17) is 14.2 Å². The van der Waals surface area contributed by atoms with Gasteiger partial charge in [-0.15, -0.1) is 0 Å². The highest BCUT2D eigenvalue weighted by atomic mass is 19.1. The molecule has 0 amide bonds. The summed E-state index contributed by atoms with van der Waals surface area (Å²) in [5, 5.41) is 4.37. The highest BCUT2D eigenvalue weighted by Gasteiger charge is 2.34. The van der Waals surface area contributed by atoms with Gasteiger partial charge in [-0.2, -0.15) is 5.10 Å². The zero-order chi connectivity index (χ0) is 26.4. The average Bonchev–Trinajstić information content (AvgIpc) is 3.16. The summed E-state index contributed by atoms with van der Waals surface area (Å²) in [7, 11) is 1.65. The first-order valence-electron chi connectivity index (χ1n) is 14.1. The van der Waals surface area contributed by atoms with Gasteiger partial charge in [0, 0.05) is 32.3 Å². The van der Waals surface area contributed by atoms with Crippen molar-refractivity contribution in [1.82, 2.24) is 19.2 Å². The molecule has 1 aliphatic carbocycles. The van der Waals surface area contributed by atoms with Crippen molar-refractivity contribution < 1.29 is 18.6 Å². The Labute approximate surface area is 220 Å². The van der Waals surface area contributed by atoms with E-state index in [2.05, 4.69) is 42.9 Å². The van der Waals surface area contributed by atoms with Gasteiger partial charge in [0.05, 0.1) is 19.3 Å². The number of piperidine rings is 1. The SMILES string of the molecule is CCC1CC(OCC2=C(C)CCC=C2)CC(C)N1CC(F)Cn1nc(COC2CCCCO2)n(C)c1=O. The lowest BCUT2D eigenvalue weighted by atomic mass is 9.91. The minimum absolute atomic E-state index is 0.0635.